The molecule has 0 spiro atoms. The summed E-state index contributed by atoms with van der Waals surface area (Å²) in [5, 5.41) is 0. The SMILES string of the molecule is CCCCCCCC1CCC(CCc2ccc(C(=CCOCC=C(c3ccc(CCC4CCC(CCCCCCC)CC4)cc3)C3CCC(CCCCCCC)CC3)C3CCC(CCCCCCC)CC3)cc2)CC1. The monoisotopic (exact) mass is 1030 g/mol. The molecule has 2 aromatic carbocycles. The van der Waals surface area contributed by atoms with Crippen molar-refractivity contribution in [3.05, 3.63) is 82.9 Å². The van der Waals surface area contributed by atoms with Gasteiger partial charge in [0, 0.05) is 0 Å². The van der Waals surface area contributed by atoms with Crippen LogP contribution in [0.1, 0.15) is 320 Å². The van der Waals surface area contributed by atoms with Crippen LogP contribution < -0.4 is 0 Å². The van der Waals surface area contributed by atoms with Crippen molar-refractivity contribution < 1.29 is 4.74 Å². The summed E-state index contributed by atoms with van der Waals surface area (Å²) in [6.07, 6.45) is 67.4. The Balaban J connectivity index is 1.05. The second-order valence-corrected chi connectivity index (χ2v) is 26.3. The Morgan fingerprint density at radius 2 is 0.573 bits per heavy atom. The molecular weight excluding hydrogens is 905 g/mol. The molecule has 1 nitrogen and oxygen atoms in total. The van der Waals surface area contributed by atoms with Crippen LogP contribution in [-0.2, 0) is 17.6 Å². The smallest absolute Gasteiger partial charge is 0.0657 e. The number of unbranched alkanes of at least 4 members (excludes halogenated alkanes) is 16. The molecule has 0 unspecified atom stereocenters. The molecule has 0 amide bonds. The van der Waals surface area contributed by atoms with Gasteiger partial charge in [0.05, 0.1) is 13.2 Å². The summed E-state index contributed by atoms with van der Waals surface area (Å²) in [5.74, 6) is 7.07. The van der Waals surface area contributed by atoms with Gasteiger partial charge in [0.15, 0.2) is 0 Å². The van der Waals surface area contributed by atoms with Gasteiger partial charge in [-0.05, 0) is 158 Å². The second kappa shape index (κ2) is 38.5. The Morgan fingerprint density at radius 1 is 0.320 bits per heavy atom. The minimum absolute atomic E-state index is 0.657. The predicted octanol–water partition coefficient (Wildman–Crippen LogP) is 23.7. The van der Waals surface area contributed by atoms with Crippen LogP contribution in [0.15, 0.2) is 60.7 Å². The third-order valence-corrected chi connectivity index (χ3v) is 20.5. The Morgan fingerprint density at radius 3 is 0.853 bits per heavy atom. The molecule has 75 heavy (non-hydrogen) atoms. The van der Waals surface area contributed by atoms with Crippen molar-refractivity contribution in [3.63, 3.8) is 0 Å². The topological polar surface area (TPSA) is 9.23 Å². The number of allylic oxidation sites excluding steroid dienone is 2. The van der Waals surface area contributed by atoms with Crippen LogP contribution in [0, 0.1) is 47.3 Å². The van der Waals surface area contributed by atoms with E-state index in [-0.39, 0.29) is 0 Å². The molecule has 2 aromatic rings. The van der Waals surface area contributed by atoms with Crippen molar-refractivity contribution in [2.45, 2.75) is 310 Å². The number of hydrogen-bond donors (Lipinski definition) is 0. The summed E-state index contributed by atoms with van der Waals surface area (Å²) in [7, 11) is 0. The van der Waals surface area contributed by atoms with Crippen molar-refractivity contribution in [2.75, 3.05) is 13.2 Å². The lowest BCUT2D eigenvalue weighted by Gasteiger charge is -2.31. The molecule has 0 N–H and O–H groups in total. The molecule has 0 radical (unpaired) electrons. The Bertz CT molecular complexity index is 1600. The van der Waals surface area contributed by atoms with Crippen LogP contribution in [0.2, 0.25) is 0 Å². The maximum absolute atomic E-state index is 6.73. The number of benzene rings is 2. The van der Waals surface area contributed by atoms with E-state index in [0.29, 0.717) is 25.0 Å². The van der Waals surface area contributed by atoms with Gasteiger partial charge in [0.1, 0.15) is 0 Å². The van der Waals surface area contributed by atoms with E-state index in [1.165, 1.54) is 294 Å². The molecule has 0 bridgehead atoms. The van der Waals surface area contributed by atoms with E-state index in [9.17, 15) is 0 Å². The quantitative estimate of drug-likeness (QED) is 0.0609. The van der Waals surface area contributed by atoms with Crippen LogP contribution in [0.3, 0.4) is 0 Å². The highest BCUT2D eigenvalue weighted by Gasteiger charge is 2.27. The zero-order valence-electron chi connectivity index (χ0n) is 50.3. The first-order valence-electron chi connectivity index (χ1n) is 34.2. The zero-order valence-corrected chi connectivity index (χ0v) is 50.3. The Hall–Kier alpha value is -2.12. The van der Waals surface area contributed by atoms with Crippen molar-refractivity contribution in [2.24, 2.45) is 47.3 Å². The molecule has 6 rings (SSSR count). The zero-order chi connectivity index (χ0) is 52.4. The van der Waals surface area contributed by atoms with Crippen molar-refractivity contribution in [3.8, 4) is 0 Å². The first-order valence-corrected chi connectivity index (χ1v) is 34.2. The van der Waals surface area contributed by atoms with E-state index < -0.39 is 0 Å². The van der Waals surface area contributed by atoms with Gasteiger partial charge in [-0.15, -0.1) is 0 Å². The van der Waals surface area contributed by atoms with Gasteiger partial charge >= 0.3 is 0 Å². The van der Waals surface area contributed by atoms with E-state index >= 15 is 0 Å². The minimum Gasteiger partial charge on any atom is -0.373 e. The van der Waals surface area contributed by atoms with Gasteiger partial charge < -0.3 is 4.74 Å². The second-order valence-electron chi connectivity index (χ2n) is 26.3. The summed E-state index contributed by atoms with van der Waals surface area (Å²) in [4.78, 5) is 0. The van der Waals surface area contributed by atoms with Gasteiger partial charge in [-0.25, -0.2) is 0 Å². The van der Waals surface area contributed by atoms with Crippen LogP contribution in [0.5, 0.6) is 0 Å². The van der Waals surface area contributed by atoms with E-state index in [4.69, 9.17) is 4.74 Å². The molecule has 0 saturated heterocycles. The first kappa shape index (κ1) is 62.1. The van der Waals surface area contributed by atoms with E-state index in [0.717, 1.165) is 35.5 Å². The third kappa shape index (κ3) is 24.4. The lowest BCUT2D eigenvalue weighted by atomic mass is 9.75. The molecule has 4 fully saturated rings. The van der Waals surface area contributed by atoms with Gasteiger partial charge in [0.2, 0.25) is 0 Å². The fourth-order valence-electron chi connectivity index (χ4n) is 15.2. The number of hydrogen-bond acceptors (Lipinski definition) is 1. The fourth-order valence-corrected chi connectivity index (χ4v) is 15.2. The molecule has 4 saturated carbocycles. The van der Waals surface area contributed by atoms with Gasteiger partial charge in [0.25, 0.3) is 0 Å². The standard InChI is InChI=1S/C74H122O/c1-5-9-13-17-21-25-61-29-33-65(34-30-61)37-39-67-45-53-71(54-46-67)73(69-49-41-63(42-50-69)27-23-19-15-11-7-3)57-59-75-60-58-74(70-51-43-64(44-52-70)28-24-20-16-12-8-4)72-55-47-68(48-56-72)40-38-66-35-31-62(32-36-66)26-22-18-14-10-6-2/h45-48,53-58,61-66,69-70H,5-44,49-52,59-60H2,1-4H3. The molecule has 0 heterocycles. The maximum Gasteiger partial charge on any atom is 0.0657 e. The van der Waals surface area contributed by atoms with Crippen LogP contribution in [0.4, 0.5) is 0 Å². The summed E-state index contributed by atoms with van der Waals surface area (Å²) < 4.78 is 6.73. The third-order valence-electron chi connectivity index (χ3n) is 20.5. The van der Waals surface area contributed by atoms with Crippen molar-refractivity contribution in [1.29, 1.82) is 0 Å². The number of rotatable bonds is 38. The highest BCUT2D eigenvalue weighted by Crippen LogP contribution is 2.42. The average Bonchev–Trinajstić information content (AvgIpc) is 3.45. The highest BCUT2D eigenvalue weighted by molar-refractivity contribution is 5.69. The Labute approximate surface area is 467 Å². The van der Waals surface area contributed by atoms with Crippen LogP contribution in [-0.4, -0.2) is 13.2 Å². The van der Waals surface area contributed by atoms with Crippen LogP contribution >= 0.6 is 0 Å². The average molecular weight is 1030 g/mol. The molecule has 0 atom stereocenters. The molecule has 424 valence electrons. The van der Waals surface area contributed by atoms with E-state index in [2.05, 4.69) is 88.4 Å². The molecule has 4 aliphatic carbocycles. The molecule has 0 aliphatic heterocycles. The van der Waals surface area contributed by atoms with Crippen molar-refractivity contribution in [1.82, 2.24) is 0 Å². The predicted molar refractivity (Wildman–Crippen MR) is 332 cm³/mol. The largest absolute Gasteiger partial charge is 0.373 e. The van der Waals surface area contributed by atoms with Crippen molar-refractivity contribution >= 4 is 11.1 Å². The first-order chi connectivity index (χ1) is 37.0. The Kier molecular flexibility index (Phi) is 31.8. The molecular formula is C74H122O. The lowest BCUT2D eigenvalue weighted by molar-refractivity contribution is 0.193. The summed E-state index contributed by atoms with van der Waals surface area (Å²) in [5.41, 5.74) is 9.18. The summed E-state index contributed by atoms with van der Waals surface area (Å²) in [6, 6.07) is 20.0. The minimum atomic E-state index is 0.657. The molecule has 4 aliphatic rings. The van der Waals surface area contributed by atoms with Gasteiger partial charge in [-0.3, -0.25) is 0 Å². The number of aryl methyl sites for hydroxylation is 2. The van der Waals surface area contributed by atoms with E-state index in [1.807, 2.05) is 0 Å². The summed E-state index contributed by atoms with van der Waals surface area (Å²) >= 11 is 0. The maximum atomic E-state index is 6.73. The van der Waals surface area contributed by atoms with Gasteiger partial charge in [-0.1, -0.05) is 294 Å². The summed E-state index contributed by atoms with van der Waals surface area (Å²) in [6.45, 7) is 10.8. The van der Waals surface area contributed by atoms with Gasteiger partial charge in [-0.2, -0.15) is 0 Å². The van der Waals surface area contributed by atoms with E-state index in [1.54, 1.807) is 22.3 Å². The lowest BCUT2D eigenvalue weighted by Crippen LogP contribution is -2.17. The fraction of sp³-hybridized carbons (Fsp3) is 0.784. The number of ether oxygens (including phenoxy) is 1. The van der Waals surface area contributed by atoms with Crippen LogP contribution in [0.25, 0.3) is 11.1 Å². The normalized spacial score (nSPS) is 25.0. The molecule has 1 heteroatoms. The molecule has 0 aromatic heterocycles. The highest BCUT2D eigenvalue weighted by atomic mass is 16.5.